The predicted molar refractivity (Wildman–Crippen MR) is 300 cm³/mol. The fraction of sp³-hybridized carbons (Fsp3) is 0.569. The average molecular weight is 1090 g/mol. The van der Waals surface area contributed by atoms with E-state index in [0.29, 0.717) is 13.0 Å². The maximum absolute atomic E-state index is 14.4. The van der Waals surface area contributed by atoms with Crippen molar-refractivity contribution in [2.45, 2.75) is 152 Å². The predicted octanol–water partition coefficient (Wildman–Crippen LogP) is 2.20. The highest BCUT2D eigenvalue weighted by Crippen LogP contribution is 2.26. The Bertz CT molecular complexity index is 2510. The second-order valence-corrected chi connectivity index (χ2v) is 21.4. The van der Waals surface area contributed by atoms with Gasteiger partial charge in [0.1, 0.15) is 47.8 Å². The number of carbonyl (C=O) groups is 7. The standard InChI is InChI=1S/C58H83N11O10/c1-3-4-5-6-7-8-35-79-45-24-20-43(21-25-45)67-33-31-66(32-34-67)42-18-16-40(17-19-42)52(72)62-46-11-9-29-61-55(75)50-36-41(60)37-69(50)57(77)48(27-28-59)64-53(73)47(26-15-39-13-22-44(71)23-14-39)63-56(76)49-12-10-30-68(49)58(78)51(38(2)70)65-54(46)74/h13-14,16-25,38,41,46-51,70-71H,3-12,15,26-37,59-60H2,1-2H3,(H,61,75)(H,62,72)(H,63,76)(H,64,73)(H,65,74)/t38-,41+,46+,47+,48+,49+,50+,51+/m1/s1. The molecule has 21 heteroatoms. The van der Waals surface area contributed by atoms with E-state index in [1.54, 1.807) is 24.3 Å². The molecule has 0 radical (unpaired) electrons. The molecule has 4 aliphatic rings. The number of ether oxygens (including phenoxy) is 1. The number of phenols is 1. The number of benzene rings is 3. The average Bonchev–Trinajstić information content (AvgIpc) is 4.19. The number of aromatic hydroxyl groups is 1. The van der Waals surface area contributed by atoms with E-state index in [1.165, 1.54) is 61.0 Å². The van der Waals surface area contributed by atoms with Crippen molar-refractivity contribution in [2.75, 3.05) is 68.8 Å². The van der Waals surface area contributed by atoms with Gasteiger partial charge in [0.2, 0.25) is 35.4 Å². The van der Waals surface area contributed by atoms with E-state index in [4.69, 9.17) is 16.2 Å². The molecule has 0 aliphatic carbocycles. The summed E-state index contributed by atoms with van der Waals surface area (Å²) in [5, 5.41) is 34.9. The number of fused-ring (bicyclic) bond motifs is 2. The van der Waals surface area contributed by atoms with Crippen LogP contribution in [0, 0.1) is 0 Å². The molecule has 0 spiro atoms. The number of nitrogens with one attached hydrogen (secondary N) is 5. The largest absolute Gasteiger partial charge is 0.508 e. The molecule has 7 amide bonds. The second-order valence-electron chi connectivity index (χ2n) is 21.4. The number of aliphatic hydroxyl groups is 1. The van der Waals surface area contributed by atoms with Crippen LogP contribution in [-0.4, -0.2) is 169 Å². The number of piperazine rings is 1. The van der Waals surface area contributed by atoms with Gasteiger partial charge in [-0.1, -0.05) is 51.2 Å². The van der Waals surface area contributed by atoms with E-state index in [9.17, 15) is 43.8 Å². The quantitative estimate of drug-likeness (QED) is 0.0826. The first-order valence-corrected chi connectivity index (χ1v) is 28.5. The van der Waals surface area contributed by atoms with E-state index in [1.807, 2.05) is 24.3 Å². The summed E-state index contributed by atoms with van der Waals surface area (Å²) < 4.78 is 5.99. The lowest BCUT2D eigenvalue weighted by molar-refractivity contribution is -0.144. The molecule has 430 valence electrons. The lowest BCUT2D eigenvalue weighted by Crippen LogP contribution is -2.61. The first kappa shape index (κ1) is 59.7. The Kier molecular flexibility index (Phi) is 22.1. The van der Waals surface area contributed by atoms with Gasteiger partial charge in [0.15, 0.2) is 0 Å². The van der Waals surface area contributed by atoms with Crippen LogP contribution < -0.4 is 52.6 Å². The second kappa shape index (κ2) is 29.3. The van der Waals surface area contributed by atoms with Gasteiger partial charge in [-0.05, 0) is 137 Å². The normalized spacial score (nSPS) is 24.3. The van der Waals surface area contributed by atoms with Gasteiger partial charge >= 0.3 is 0 Å². The van der Waals surface area contributed by atoms with Gasteiger partial charge in [0.05, 0.1) is 12.7 Å². The number of rotatable bonds is 18. The monoisotopic (exact) mass is 1090 g/mol. The molecule has 11 N–H and O–H groups in total. The summed E-state index contributed by atoms with van der Waals surface area (Å²) in [4.78, 5) is 107. The lowest BCUT2D eigenvalue weighted by Gasteiger charge is -2.37. The van der Waals surface area contributed by atoms with Crippen LogP contribution in [0.4, 0.5) is 11.4 Å². The number of aryl methyl sites for hydroxylation is 1. The number of hydrogen-bond donors (Lipinski definition) is 9. The van der Waals surface area contributed by atoms with Gasteiger partial charge in [0, 0.05) is 68.8 Å². The summed E-state index contributed by atoms with van der Waals surface area (Å²) in [6.07, 6.45) is 7.10. The Morgan fingerprint density at radius 2 is 1.35 bits per heavy atom. The zero-order valence-electron chi connectivity index (χ0n) is 45.9. The highest BCUT2D eigenvalue weighted by Gasteiger charge is 2.43. The van der Waals surface area contributed by atoms with Crippen LogP contribution in [0.3, 0.4) is 0 Å². The van der Waals surface area contributed by atoms with E-state index in [2.05, 4.69) is 55.4 Å². The SMILES string of the molecule is CCCCCCCCOc1ccc(N2CCN(c3ccc(C(=O)N[C@H]4CCCNC(=O)[C@@H]5C[C@H](N)CN5C(=O)[C@H](CCN)NC(=O)[C@H](CCc5ccc(O)cc5)NC(=O)[C@@H]5CCCN5C(=O)[C@H]([C@@H](C)O)NC4=O)cc3)CC2)cc1. The zero-order chi connectivity index (χ0) is 56.4. The van der Waals surface area contributed by atoms with Crippen LogP contribution in [0.15, 0.2) is 72.8 Å². The third-order valence-electron chi connectivity index (χ3n) is 15.5. The summed E-state index contributed by atoms with van der Waals surface area (Å²) in [6.45, 7) is 7.54. The van der Waals surface area contributed by atoms with Gasteiger partial charge in [-0.3, -0.25) is 33.6 Å². The van der Waals surface area contributed by atoms with Crippen molar-refractivity contribution in [3.63, 3.8) is 0 Å². The number of hydrogen-bond acceptors (Lipinski definition) is 14. The van der Waals surface area contributed by atoms with Crippen molar-refractivity contribution in [3.8, 4) is 11.5 Å². The summed E-state index contributed by atoms with van der Waals surface area (Å²) in [5.74, 6) is -3.59. The Morgan fingerprint density at radius 1 is 0.709 bits per heavy atom. The highest BCUT2D eigenvalue weighted by molar-refractivity contribution is 6.00. The van der Waals surface area contributed by atoms with Crippen LogP contribution in [0.2, 0.25) is 0 Å². The van der Waals surface area contributed by atoms with Crippen molar-refractivity contribution in [2.24, 2.45) is 11.5 Å². The van der Waals surface area contributed by atoms with Crippen molar-refractivity contribution in [1.82, 2.24) is 36.4 Å². The number of nitrogens with two attached hydrogens (primary N) is 2. The number of nitrogens with zero attached hydrogens (tertiary/aromatic N) is 4. The van der Waals surface area contributed by atoms with Gasteiger partial charge in [0.25, 0.3) is 5.91 Å². The van der Waals surface area contributed by atoms with Crippen molar-refractivity contribution < 1.29 is 48.5 Å². The fourth-order valence-corrected chi connectivity index (χ4v) is 10.9. The number of aliphatic hydroxyl groups excluding tert-OH is 1. The summed E-state index contributed by atoms with van der Waals surface area (Å²) in [7, 11) is 0. The van der Waals surface area contributed by atoms with Crippen molar-refractivity contribution in [1.29, 1.82) is 0 Å². The fourth-order valence-electron chi connectivity index (χ4n) is 10.9. The Morgan fingerprint density at radius 3 is 2.01 bits per heavy atom. The summed E-state index contributed by atoms with van der Waals surface area (Å²) in [5.41, 5.74) is 15.4. The number of carbonyl (C=O) groups excluding carboxylic acids is 7. The molecule has 4 fully saturated rings. The highest BCUT2D eigenvalue weighted by atomic mass is 16.5. The minimum Gasteiger partial charge on any atom is -0.508 e. The molecule has 7 rings (SSSR count). The van der Waals surface area contributed by atoms with E-state index in [0.717, 1.165) is 55.3 Å². The molecule has 0 unspecified atom stereocenters. The third kappa shape index (κ3) is 16.5. The molecule has 4 aliphatic heterocycles. The lowest BCUT2D eigenvalue weighted by atomic mass is 10.0. The van der Waals surface area contributed by atoms with E-state index in [-0.39, 0.29) is 82.4 Å². The Hall–Kier alpha value is -6.97. The van der Waals surface area contributed by atoms with Gasteiger partial charge in [-0.25, -0.2) is 0 Å². The molecule has 0 saturated carbocycles. The molecule has 79 heavy (non-hydrogen) atoms. The van der Waals surface area contributed by atoms with Gasteiger partial charge in [-0.15, -0.1) is 0 Å². The summed E-state index contributed by atoms with van der Waals surface area (Å²) >= 11 is 0. The molecule has 4 saturated heterocycles. The molecule has 4 heterocycles. The molecular formula is C58H83N11O10. The molecule has 3 aromatic rings. The van der Waals surface area contributed by atoms with Crippen LogP contribution in [0.5, 0.6) is 11.5 Å². The topological polar surface area (TPSA) is 294 Å². The summed E-state index contributed by atoms with van der Waals surface area (Å²) in [6, 6.07) is 13.9. The van der Waals surface area contributed by atoms with E-state index >= 15 is 0 Å². The van der Waals surface area contributed by atoms with Crippen molar-refractivity contribution >= 4 is 52.7 Å². The molecule has 8 atom stereocenters. The molecule has 3 aromatic carbocycles. The number of amides is 7. The first-order valence-electron chi connectivity index (χ1n) is 28.5. The van der Waals surface area contributed by atoms with Crippen LogP contribution in [0.1, 0.15) is 113 Å². The van der Waals surface area contributed by atoms with Crippen LogP contribution >= 0.6 is 0 Å². The molecule has 21 nitrogen and oxygen atoms in total. The Labute approximate surface area is 463 Å². The molecular weight excluding hydrogens is 1010 g/mol. The Balaban J connectivity index is 1.04. The van der Waals surface area contributed by atoms with E-state index < -0.39 is 89.7 Å². The van der Waals surface area contributed by atoms with Gasteiger partial charge in [-0.2, -0.15) is 0 Å². The number of phenolic OH excluding ortho intramolecular Hbond substituents is 1. The molecule has 0 bridgehead atoms. The zero-order valence-corrected chi connectivity index (χ0v) is 45.9. The first-order chi connectivity index (χ1) is 38.1. The van der Waals surface area contributed by atoms with Crippen LogP contribution in [0.25, 0.3) is 0 Å². The van der Waals surface area contributed by atoms with Crippen molar-refractivity contribution in [3.05, 3.63) is 83.9 Å². The van der Waals surface area contributed by atoms with Gasteiger partial charge < -0.3 is 72.6 Å². The van der Waals surface area contributed by atoms with Crippen LogP contribution in [-0.2, 0) is 35.2 Å². The smallest absolute Gasteiger partial charge is 0.251 e. The molecule has 0 aromatic heterocycles. The third-order valence-corrected chi connectivity index (χ3v) is 15.5. The number of anilines is 2. The maximum atomic E-state index is 14.4. The maximum Gasteiger partial charge on any atom is 0.251 e. The minimum absolute atomic E-state index is 0.00178. The number of unbranched alkanes of at least 4 members (excludes halogenated alkanes) is 5. The minimum atomic E-state index is -1.53.